The molecule has 32 atom stereocenters. The van der Waals surface area contributed by atoms with E-state index in [4.69, 9.17) is 47.4 Å². The molecular weight excluding hydrogens is 993 g/mol. The van der Waals surface area contributed by atoms with E-state index in [2.05, 4.69) is 26.8 Å². The van der Waals surface area contributed by atoms with Gasteiger partial charge in [0.1, 0.15) is 85.5 Å². The zero-order chi connectivity index (χ0) is 54.4. The molecule has 23 heteroatoms. The van der Waals surface area contributed by atoms with Crippen LogP contribution in [0.15, 0.2) is 11.6 Å². The highest BCUT2D eigenvalue weighted by atomic mass is 16.8. The van der Waals surface area contributed by atoms with Crippen molar-refractivity contribution in [2.45, 2.75) is 240 Å². The first-order valence-electron chi connectivity index (χ1n) is 27.3. The van der Waals surface area contributed by atoms with E-state index in [9.17, 15) is 66.4 Å². The fraction of sp³-hybridized carbons (Fsp3) is 0.962. The highest BCUT2D eigenvalue weighted by Crippen LogP contribution is 2.70. The zero-order valence-corrected chi connectivity index (χ0v) is 44.0. The average molecular weight is 1080 g/mol. The number of aliphatic hydroxyl groups is 13. The molecule has 13 N–H and O–H groups in total. The summed E-state index contributed by atoms with van der Waals surface area (Å²) in [4.78, 5) is 0. The Hall–Kier alpha value is -1.18. The van der Waals surface area contributed by atoms with Gasteiger partial charge in [0, 0.05) is 31.3 Å². The monoisotopic (exact) mass is 1080 g/mol. The minimum atomic E-state index is -1.71. The molecule has 5 heterocycles. The van der Waals surface area contributed by atoms with Crippen LogP contribution < -0.4 is 0 Å². The van der Waals surface area contributed by atoms with Gasteiger partial charge in [-0.2, -0.15) is 0 Å². The Morgan fingerprint density at radius 1 is 0.653 bits per heavy atom. The number of hydrogen-bond donors (Lipinski definition) is 13. The number of fused-ring (bicyclic) bond motifs is 7. The number of ether oxygens (including phenoxy) is 10. The molecule has 75 heavy (non-hydrogen) atoms. The van der Waals surface area contributed by atoms with Gasteiger partial charge in [-0.1, -0.05) is 39.3 Å². The van der Waals surface area contributed by atoms with Crippen LogP contribution in [0.1, 0.15) is 92.9 Å². The molecule has 9 rings (SSSR count). The molecule has 4 aliphatic carbocycles. The van der Waals surface area contributed by atoms with Crippen molar-refractivity contribution >= 4 is 0 Å². The molecule has 0 aromatic heterocycles. The van der Waals surface area contributed by atoms with Crippen molar-refractivity contribution in [3.05, 3.63) is 11.6 Å². The van der Waals surface area contributed by atoms with E-state index in [1.807, 2.05) is 6.92 Å². The van der Waals surface area contributed by atoms with Crippen molar-refractivity contribution in [3.63, 3.8) is 0 Å². The summed E-state index contributed by atoms with van der Waals surface area (Å²) >= 11 is 0. The van der Waals surface area contributed by atoms with Crippen LogP contribution >= 0.6 is 0 Å². The highest BCUT2D eigenvalue weighted by molar-refractivity contribution is 5.28. The Morgan fingerprint density at radius 2 is 1.21 bits per heavy atom. The van der Waals surface area contributed by atoms with Crippen molar-refractivity contribution in [2.24, 2.45) is 46.3 Å². The summed E-state index contributed by atoms with van der Waals surface area (Å²) in [6, 6.07) is 0. The summed E-state index contributed by atoms with van der Waals surface area (Å²) in [6.45, 7) is 10.6. The van der Waals surface area contributed by atoms with E-state index >= 15 is 0 Å². The van der Waals surface area contributed by atoms with Crippen LogP contribution in [0, 0.1) is 46.3 Å². The summed E-state index contributed by atoms with van der Waals surface area (Å²) in [6.07, 6.45) is -22.7. The van der Waals surface area contributed by atoms with Crippen molar-refractivity contribution in [1.29, 1.82) is 0 Å². The van der Waals surface area contributed by atoms with E-state index in [0.717, 1.165) is 31.3 Å². The Bertz CT molecular complexity index is 1950. The third kappa shape index (κ3) is 10.2. The van der Waals surface area contributed by atoms with Crippen LogP contribution in [0.2, 0.25) is 0 Å². The Kier molecular flexibility index (Phi) is 17.6. The standard InChI is InChI=1S/C52H86O23/c1-20(19-67-48-44(40(62)36(58)30(17-53)71-48)73-46-42(64)38(60)34(56)22(3)68-46)10-13-52(66-7)21(2)33-29(75-52)16-28-26-9-8-24-14-25(15-32(55)51(24,6)27(26)11-12-50(28,33)5)70-49-45(41(63)37(59)31(18-54)72-49)74-47-43(65)39(61)35(57)23(4)69-47/h8,20-23,25-49,53-65H,9-19H2,1-7H3/t20-,21+,22+,23+,25-,26-,27+,28+,29+,30-,31-,32-,33+,34+,35+,36-,37-,38-,39-,40+,41+,42-,43-,44-,45-,46+,47+,48-,49-,50+,51+,52+/m1/s1. The fourth-order valence-corrected chi connectivity index (χ4v) is 15.3. The first-order chi connectivity index (χ1) is 35.4. The molecule has 3 saturated carbocycles. The van der Waals surface area contributed by atoms with Crippen molar-refractivity contribution in [1.82, 2.24) is 0 Å². The van der Waals surface area contributed by atoms with Crippen LogP contribution in [-0.4, -0.2) is 240 Å². The number of rotatable bonds is 15. The molecule has 0 unspecified atom stereocenters. The lowest BCUT2D eigenvalue weighted by Gasteiger charge is -2.60. The number of methoxy groups -OCH3 is 1. The second-order valence-electron chi connectivity index (χ2n) is 24.1. The molecule has 0 aromatic rings. The molecule has 0 amide bonds. The zero-order valence-electron chi connectivity index (χ0n) is 44.0. The Labute approximate surface area is 437 Å². The van der Waals surface area contributed by atoms with Crippen molar-refractivity contribution < 1.29 is 114 Å². The molecule has 9 aliphatic rings. The number of hydrogen-bond acceptors (Lipinski definition) is 23. The molecule has 5 saturated heterocycles. The molecule has 5 aliphatic heterocycles. The molecule has 0 bridgehead atoms. The highest BCUT2D eigenvalue weighted by Gasteiger charge is 2.69. The predicted molar refractivity (Wildman–Crippen MR) is 255 cm³/mol. The SMILES string of the molecule is CO[C@@]1(CC[C@@H](C)CO[C@@H]2O[C@H](CO)[C@@H](O)[C@H](O)[C@H]2O[C@@H]2O[C@@H](C)[C@H](O)[C@@H](O)[C@H]2O)O[C@H]2C[C@H]3[C@@H]4CC=C5C[C@@H](O[C@@H]6O[C@H](CO)[C@@H](O)[C@H](O)[C@H]6O[C@@H]6O[C@@H](C)[C@H](O)[C@@H](O)[C@H]6O)C[C@@H](O)[C@]5(C)[C@H]4CC[C@]3(C)[C@H]2[C@@H]1C. The maximum absolute atomic E-state index is 12.3. The fourth-order valence-electron chi connectivity index (χ4n) is 15.3. The molecule has 0 radical (unpaired) electrons. The summed E-state index contributed by atoms with van der Waals surface area (Å²) < 4.78 is 61.0. The summed E-state index contributed by atoms with van der Waals surface area (Å²) in [7, 11) is 1.68. The lowest BCUT2D eigenvalue weighted by Crippen LogP contribution is -2.64. The van der Waals surface area contributed by atoms with Gasteiger partial charge in [0.2, 0.25) is 0 Å². The molecule has 23 nitrogen and oxygen atoms in total. The van der Waals surface area contributed by atoms with Gasteiger partial charge in [-0.05, 0) is 87.4 Å². The first kappa shape index (κ1) is 58.5. The Morgan fingerprint density at radius 3 is 1.77 bits per heavy atom. The Balaban J connectivity index is 0.829. The van der Waals surface area contributed by atoms with Gasteiger partial charge in [0.25, 0.3) is 0 Å². The summed E-state index contributed by atoms with van der Waals surface area (Å²) in [5.41, 5.74) is 0.414. The van der Waals surface area contributed by atoms with Gasteiger partial charge in [-0.3, -0.25) is 0 Å². The van der Waals surface area contributed by atoms with Crippen LogP contribution in [0.3, 0.4) is 0 Å². The van der Waals surface area contributed by atoms with Crippen LogP contribution in [0.4, 0.5) is 0 Å². The normalized spacial score (nSPS) is 55.3. The maximum Gasteiger partial charge on any atom is 0.187 e. The second-order valence-corrected chi connectivity index (χ2v) is 24.1. The van der Waals surface area contributed by atoms with E-state index in [0.29, 0.717) is 25.2 Å². The van der Waals surface area contributed by atoms with Gasteiger partial charge in [0.05, 0.1) is 50.3 Å². The third-order valence-corrected chi connectivity index (χ3v) is 19.9. The van der Waals surface area contributed by atoms with Gasteiger partial charge in [0.15, 0.2) is 30.9 Å². The van der Waals surface area contributed by atoms with Crippen LogP contribution in [0.5, 0.6) is 0 Å². The average Bonchev–Trinajstić information content (AvgIpc) is 3.92. The predicted octanol–water partition coefficient (Wildman–Crippen LogP) is -2.35. The summed E-state index contributed by atoms with van der Waals surface area (Å²) in [5, 5.41) is 139. The smallest absolute Gasteiger partial charge is 0.187 e. The molecule has 432 valence electrons. The van der Waals surface area contributed by atoms with Gasteiger partial charge in [-0.15, -0.1) is 0 Å². The molecular formula is C52H86O23. The quantitative estimate of drug-likeness (QED) is 0.0764. The molecule has 0 spiro atoms. The van der Waals surface area contributed by atoms with E-state index < -0.39 is 159 Å². The van der Waals surface area contributed by atoms with Crippen LogP contribution in [-0.2, 0) is 47.4 Å². The lowest BCUT2D eigenvalue weighted by atomic mass is 9.46. The largest absolute Gasteiger partial charge is 0.394 e. The van der Waals surface area contributed by atoms with Gasteiger partial charge < -0.3 is 114 Å². The lowest BCUT2D eigenvalue weighted by molar-refractivity contribution is -0.370. The number of aliphatic hydroxyl groups excluding tert-OH is 13. The first-order valence-corrected chi connectivity index (χ1v) is 27.3. The second kappa shape index (κ2) is 22.6. The number of allylic oxidation sites excluding steroid dienone is 1. The molecule has 0 aromatic carbocycles. The summed E-state index contributed by atoms with van der Waals surface area (Å²) in [5.74, 6) is -0.0446. The maximum atomic E-state index is 12.3. The van der Waals surface area contributed by atoms with E-state index in [-0.39, 0.29) is 54.1 Å². The van der Waals surface area contributed by atoms with Crippen molar-refractivity contribution in [2.75, 3.05) is 26.9 Å². The van der Waals surface area contributed by atoms with Gasteiger partial charge >= 0.3 is 0 Å². The van der Waals surface area contributed by atoms with Crippen molar-refractivity contribution in [3.8, 4) is 0 Å². The molecule has 8 fully saturated rings. The minimum absolute atomic E-state index is 0.0167. The van der Waals surface area contributed by atoms with E-state index in [1.54, 1.807) is 7.11 Å². The topological polar surface area (TPSA) is 355 Å². The van der Waals surface area contributed by atoms with Gasteiger partial charge in [-0.25, -0.2) is 0 Å². The minimum Gasteiger partial charge on any atom is -0.394 e. The third-order valence-electron chi connectivity index (χ3n) is 19.9. The van der Waals surface area contributed by atoms with Crippen LogP contribution in [0.25, 0.3) is 0 Å². The van der Waals surface area contributed by atoms with E-state index in [1.165, 1.54) is 13.8 Å².